The molecule has 2 N–H and O–H groups in total. The van der Waals surface area contributed by atoms with Gasteiger partial charge in [0.05, 0.1) is 28.3 Å². The molecule has 0 radical (unpaired) electrons. The summed E-state index contributed by atoms with van der Waals surface area (Å²) in [5.41, 5.74) is -0.804. The molecule has 4 aliphatic rings. The number of allylic oxidation sites excluding steroid dienone is 2. The van der Waals surface area contributed by atoms with E-state index in [9.17, 15) is 40.8 Å². The van der Waals surface area contributed by atoms with E-state index in [1.54, 1.807) is 44.4 Å². The molecule has 0 unspecified atom stereocenters. The minimum absolute atomic E-state index is 0.0500. The van der Waals surface area contributed by atoms with Crippen LogP contribution in [0.25, 0.3) is 21.7 Å². The Morgan fingerprint density at radius 3 is 2.52 bits per heavy atom. The second kappa shape index (κ2) is 15.5. The van der Waals surface area contributed by atoms with Gasteiger partial charge in [-0.2, -0.15) is 5.10 Å². The van der Waals surface area contributed by atoms with E-state index >= 15 is 0 Å². The van der Waals surface area contributed by atoms with Crippen LogP contribution in [0.2, 0.25) is 0 Å². The second-order valence-electron chi connectivity index (χ2n) is 16.6. The first-order valence-corrected chi connectivity index (χ1v) is 21.6. The quantitative estimate of drug-likeness (QED) is 0.166. The lowest BCUT2D eigenvalue weighted by atomic mass is 9.91. The van der Waals surface area contributed by atoms with Gasteiger partial charge in [0.25, 0.3) is 5.91 Å². The number of pyridine rings is 1. The van der Waals surface area contributed by atoms with Gasteiger partial charge in [-0.3, -0.25) is 28.6 Å². The van der Waals surface area contributed by atoms with Crippen LogP contribution in [0.3, 0.4) is 0 Å². The number of ether oxygens (including phenoxy) is 2. The van der Waals surface area contributed by atoms with Crippen LogP contribution in [0.1, 0.15) is 81.6 Å². The molecule has 2 saturated carbocycles. The zero-order chi connectivity index (χ0) is 42.6. The molecule has 2 aromatic carbocycles. The highest BCUT2D eigenvalue weighted by Gasteiger charge is 2.62. The van der Waals surface area contributed by atoms with Crippen molar-refractivity contribution in [1.29, 1.82) is 0 Å². The average Bonchev–Trinajstić information content (AvgIpc) is 3.99. The Balaban J connectivity index is 1.14. The number of sulfonamides is 1. The molecular formula is C42H45F3N6O8S. The highest BCUT2D eigenvalue weighted by atomic mass is 32.2. The Morgan fingerprint density at radius 2 is 1.78 bits per heavy atom. The van der Waals surface area contributed by atoms with E-state index in [0.29, 0.717) is 48.4 Å². The molecule has 60 heavy (non-hydrogen) atoms. The Morgan fingerprint density at radius 1 is 1.00 bits per heavy atom. The third-order valence-electron chi connectivity index (χ3n) is 12.3. The lowest BCUT2D eigenvalue weighted by Crippen LogP contribution is -2.52. The number of alkyl halides is 3. The Hall–Kier alpha value is -5.52. The number of hydrogen-bond acceptors (Lipinski definition) is 10. The second-order valence-corrected chi connectivity index (χ2v) is 18.8. The van der Waals surface area contributed by atoms with Gasteiger partial charge in [-0.15, -0.1) is 13.2 Å². The number of rotatable bonds is 8. The van der Waals surface area contributed by atoms with Crippen molar-refractivity contribution in [2.45, 2.75) is 100 Å². The summed E-state index contributed by atoms with van der Waals surface area (Å²) in [6.07, 6.45) is 2.98. The van der Waals surface area contributed by atoms with E-state index in [1.165, 1.54) is 33.8 Å². The normalized spacial score (nSPS) is 26.3. The van der Waals surface area contributed by atoms with Gasteiger partial charge in [0.2, 0.25) is 27.7 Å². The molecule has 14 nitrogen and oxygen atoms in total. The van der Waals surface area contributed by atoms with E-state index in [2.05, 4.69) is 24.9 Å². The van der Waals surface area contributed by atoms with Gasteiger partial charge < -0.3 is 19.7 Å². The molecule has 2 aliphatic carbocycles. The molecule has 0 bridgehead atoms. The molecular weight excluding hydrogens is 806 g/mol. The fourth-order valence-corrected chi connectivity index (χ4v) is 9.74. The van der Waals surface area contributed by atoms with Crippen molar-refractivity contribution < 1.29 is 50.2 Å². The van der Waals surface area contributed by atoms with Crippen LogP contribution in [0.4, 0.5) is 13.2 Å². The number of ketones is 1. The molecule has 1 saturated heterocycles. The minimum Gasteiger partial charge on any atom is -0.472 e. The summed E-state index contributed by atoms with van der Waals surface area (Å²) in [5, 5.41) is 8.36. The molecule has 2 aromatic heterocycles. The molecule has 3 fully saturated rings. The first kappa shape index (κ1) is 41.2. The number of Topliss-reactive ketones (excluding diaryl/α,β-unsaturated/α-hetero) is 1. The maximum absolute atomic E-state index is 14.7. The fraction of sp³-hybridized carbons (Fsp3) is 0.476. The fourth-order valence-electron chi connectivity index (χ4n) is 8.40. The zero-order valence-corrected chi connectivity index (χ0v) is 33.9. The number of nitrogens with one attached hydrogen (secondary N) is 2. The smallest absolute Gasteiger partial charge is 0.472 e. The number of carbonyl (C=O) groups excluding carboxylic acids is 4. The Bertz CT molecular complexity index is 2520. The number of para-hydroxylation sites is 1. The number of aromatic nitrogens is 3. The minimum atomic E-state index is -4.97. The van der Waals surface area contributed by atoms with Gasteiger partial charge in [0, 0.05) is 36.9 Å². The van der Waals surface area contributed by atoms with Crippen molar-refractivity contribution in [2.24, 2.45) is 18.4 Å². The van der Waals surface area contributed by atoms with Crippen molar-refractivity contribution in [3.8, 4) is 11.6 Å². The van der Waals surface area contributed by atoms with E-state index in [-0.39, 0.29) is 49.2 Å². The zero-order valence-electron chi connectivity index (χ0n) is 33.0. The number of carbonyl (C=O) groups is 4. The number of hydrogen-bond donors (Lipinski definition) is 2. The number of nitrogens with zero attached hydrogens (tertiary/aromatic N) is 4. The summed E-state index contributed by atoms with van der Waals surface area (Å²) in [6.45, 7) is 1.39. The summed E-state index contributed by atoms with van der Waals surface area (Å²) in [5.74, 6) is -3.39. The number of aryl methyl sites for hydroxylation is 1. The SMILES string of the molecule is Cn1ccc(C(=O)N[C@H]2CCCCC/C=C\[C@@H]3C[C@@]3(C(=O)NS(=O)(=O)C3(C)CC3)CC(=O)[C@@H]3C[C@@H](Oc4nc5ccccc5c5ccc(OC(F)(F)F)cc45)CN3C2=O)n1. The third kappa shape index (κ3) is 8.30. The molecule has 18 heteroatoms. The predicted molar refractivity (Wildman–Crippen MR) is 212 cm³/mol. The van der Waals surface area contributed by atoms with E-state index in [0.717, 1.165) is 6.42 Å². The average molecular weight is 851 g/mol. The molecule has 0 spiro atoms. The molecule has 3 amide bonds. The number of benzene rings is 2. The maximum atomic E-state index is 14.7. The van der Waals surface area contributed by atoms with Crippen molar-refractivity contribution in [3.63, 3.8) is 0 Å². The standard InChI is InChI=1S/C42H45F3N6O8S/c1-40(17-18-40)60(56,57)49-39(55)41-22-25(41)10-6-4-3-5-7-13-33(46-36(53)32-16-19-50(2)48-32)38(54)51-24-27(21-34(51)35(52)23-41)58-37-30-20-26(59-42(43,44)45)14-15-28(30)29-11-8-9-12-31(29)47-37/h6,8-12,14-16,19-20,25,27,33-34H,3-5,7,13,17-18,21-24H2,1-2H3,(H,46,53)(H,49,55)/b10-6-/t25-,27-,33+,34+,41-/m1/s1. The van der Waals surface area contributed by atoms with Gasteiger partial charge >= 0.3 is 6.36 Å². The lowest BCUT2D eigenvalue weighted by molar-refractivity contribution is -0.274. The maximum Gasteiger partial charge on any atom is 0.573 e. The van der Waals surface area contributed by atoms with Gasteiger partial charge in [-0.1, -0.05) is 43.2 Å². The van der Waals surface area contributed by atoms with Crippen molar-refractivity contribution in [2.75, 3.05) is 6.54 Å². The van der Waals surface area contributed by atoms with E-state index in [1.807, 2.05) is 12.2 Å². The Kier molecular flexibility index (Phi) is 10.6. The topological polar surface area (TPSA) is 179 Å². The molecule has 4 heterocycles. The molecule has 2 aliphatic heterocycles. The molecule has 8 rings (SSSR count). The lowest BCUT2D eigenvalue weighted by Gasteiger charge is -2.29. The summed E-state index contributed by atoms with van der Waals surface area (Å²) >= 11 is 0. The van der Waals surface area contributed by atoms with E-state index < -0.39 is 79.9 Å². The highest BCUT2D eigenvalue weighted by Crippen LogP contribution is 2.57. The summed E-state index contributed by atoms with van der Waals surface area (Å²) in [6, 6.07) is 10.1. The summed E-state index contributed by atoms with van der Waals surface area (Å²) in [4.78, 5) is 62.8. The van der Waals surface area contributed by atoms with Crippen LogP contribution in [-0.4, -0.2) is 87.4 Å². The first-order valence-electron chi connectivity index (χ1n) is 20.1. The Labute approximate surface area is 343 Å². The van der Waals surface area contributed by atoms with Crippen LogP contribution < -0.4 is 19.5 Å². The van der Waals surface area contributed by atoms with Crippen molar-refractivity contribution in [1.82, 2.24) is 29.7 Å². The predicted octanol–water partition coefficient (Wildman–Crippen LogP) is 5.65. The number of amides is 3. The van der Waals surface area contributed by atoms with Crippen LogP contribution in [0, 0.1) is 11.3 Å². The number of fused-ring (bicyclic) bond motifs is 5. The summed E-state index contributed by atoms with van der Waals surface area (Å²) in [7, 11) is -2.38. The van der Waals surface area contributed by atoms with Crippen LogP contribution in [0.5, 0.6) is 11.6 Å². The molecule has 318 valence electrons. The van der Waals surface area contributed by atoms with E-state index in [4.69, 9.17) is 4.74 Å². The van der Waals surface area contributed by atoms with Gasteiger partial charge in [-0.25, -0.2) is 13.4 Å². The summed E-state index contributed by atoms with van der Waals surface area (Å²) < 4.78 is 79.8. The molecule has 5 atom stereocenters. The monoisotopic (exact) mass is 850 g/mol. The van der Waals surface area contributed by atoms with Crippen LogP contribution >= 0.6 is 0 Å². The van der Waals surface area contributed by atoms with Crippen molar-refractivity contribution >= 4 is 55.2 Å². The third-order valence-corrected chi connectivity index (χ3v) is 14.4. The van der Waals surface area contributed by atoms with Crippen LogP contribution in [0.15, 0.2) is 66.9 Å². The van der Waals surface area contributed by atoms with Gasteiger partial charge in [0.1, 0.15) is 23.6 Å². The largest absolute Gasteiger partial charge is 0.573 e. The van der Waals surface area contributed by atoms with Gasteiger partial charge in [0.15, 0.2) is 5.78 Å². The first-order chi connectivity index (χ1) is 28.4. The van der Waals surface area contributed by atoms with Crippen molar-refractivity contribution in [3.05, 3.63) is 72.6 Å². The van der Waals surface area contributed by atoms with Gasteiger partial charge in [-0.05, 0) is 87.1 Å². The number of halogens is 3. The highest BCUT2D eigenvalue weighted by molar-refractivity contribution is 7.91. The molecule has 4 aromatic rings. The van der Waals surface area contributed by atoms with Crippen LogP contribution in [-0.2, 0) is 31.5 Å².